The second-order valence-electron chi connectivity index (χ2n) is 7.55. The monoisotopic (exact) mass is 373 g/mol. The topological polar surface area (TPSA) is 66.0 Å². The first kappa shape index (κ1) is 24.0. The number of hydrogen-bond acceptors (Lipinski definition) is 5. The summed E-state index contributed by atoms with van der Waals surface area (Å²) in [5.74, 6) is 1.19. The van der Waals surface area contributed by atoms with Gasteiger partial charge in [-0.25, -0.2) is 4.99 Å². The van der Waals surface area contributed by atoms with Crippen molar-refractivity contribution < 1.29 is 0 Å². The Morgan fingerprint density at radius 2 is 1.40 bits per heavy atom. The summed E-state index contributed by atoms with van der Waals surface area (Å²) >= 11 is 0. The van der Waals surface area contributed by atoms with Gasteiger partial charge in [-0.15, -0.1) is 12.4 Å². The van der Waals surface area contributed by atoms with Gasteiger partial charge in [0.05, 0.1) is 0 Å². The van der Waals surface area contributed by atoms with Crippen molar-refractivity contribution in [1.82, 2.24) is 10.2 Å². The van der Waals surface area contributed by atoms with Gasteiger partial charge in [-0.3, -0.25) is 0 Å². The largest absolute Gasteiger partial charge is 0.370 e. The fraction of sp³-hybridized carbons (Fsp3) is 0.895. The molecule has 0 aromatic heterocycles. The smallest absolute Gasteiger partial charge is 0.225 e. The van der Waals surface area contributed by atoms with Gasteiger partial charge in [0, 0.05) is 13.6 Å². The fourth-order valence-electron chi connectivity index (χ4n) is 3.04. The maximum absolute atomic E-state index is 5.83. The van der Waals surface area contributed by atoms with Crippen LogP contribution in [0.1, 0.15) is 91.4 Å². The normalized spacial score (nSPS) is 15.7. The molecule has 0 saturated heterocycles. The van der Waals surface area contributed by atoms with Gasteiger partial charge in [-0.1, -0.05) is 71.1 Å². The number of nitrogens with zero attached hydrogens (tertiary/aromatic N) is 3. The molecule has 1 aliphatic rings. The van der Waals surface area contributed by atoms with Gasteiger partial charge in [0.1, 0.15) is 5.66 Å². The molecule has 1 heterocycles. The Bertz CT molecular complexity index is 407. The van der Waals surface area contributed by atoms with E-state index >= 15 is 0 Å². The maximum Gasteiger partial charge on any atom is 0.225 e. The van der Waals surface area contributed by atoms with E-state index < -0.39 is 0 Å². The van der Waals surface area contributed by atoms with Crippen LogP contribution < -0.4 is 11.1 Å². The lowest BCUT2D eigenvalue weighted by atomic mass is 10.1. The van der Waals surface area contributed by atoms with Gasteiger partial charge < -0.3 is 16.0 Å². The minimum atomic E-state index is -0.368. The Labute approximate surface area is 161 Å². The first-order chi connectivity index (χ1) is 11.4. The van der Waals surface area contributed by atoms with Crippen LogP contribution in [0.25, 0.3) is 0 Å². The number of hydrogen-bond donors (Lipinski definition) is 2. The van der Waals surface area contributed by atoms with Crippen LogP contribution >= 0.6 is 12.4 Å². The molecule has 1 rings (SSSR count). The molecular weight excluding hydrogens is 334 g/mol. The third-order valence-corrected chi connectivity index (χ3v) is 4.47. The van der Waals surface area contributed by atoms with Crippen molar-refractivity contribution in [3.05, 3.63) is 0 Å². The number of unbranched alkanes of at least 4 members (excludes halogenated alkanes) is 10. The predicted octanol–water partition coefficient (Wildman–Crippen LogP) is 4.66. The molecule has 0 unspecified atom stereocenters. The van der Waals surface area contributed by atoms with Crippen molar-refractivity contribution in [2.45, 2.75) is 97.1 Å². The summed E-state index contributed by atoms with van der Waals surface area (Å²) in [5.41, 5.74) is 5.46. The van der Waals surface area contributed by atoms with Gasteiger partial charge in [0.25, 0.3) is 0 Å². The quantitative estimate of drug-likeness (QED) is 0.489. The van der Waals surface area contributed by atoms with Gasteiger partial charge in [-0.05, 0) is 20.3 Å². The third-order valence-electron chi connectivity index (χ3n) is 4.47. The molecule has 25 heavy (non-hydrogen) atoms. The van der Waals surface area contributed by atoms with Crippen LogP contribution in [0.2, 0.25) is 0 Å². The molecule has 6 heteroatoms. The van der Waals surface area contributed by atoms with E-state index in [0.29, 0.717) is 5.96 Å². The lowest BCUT2D eigenvalue weighted by Crippen LogP contribution is -2.51. The molecule has 0 aromatic rings. The minimum Gasteiger partial charge on any atom is -0.370 e. The molecule has 148 valence electrons. The second kappa shape index (κ2) is 13.3. The highest BCUT2D eigenvalue weighted by Crippen LogP contribution is 2.13. The van der Waals surface area contributed by atoms with Crippen molar-refractivity contribution in [2.75, 3.05) is 13.6 Å². The summed E-state index contributed by atoms with van der Waals surface area (Å²) in [7, 11) is 2.05. The standard InChI is InChI=1S/C19H39N5.ClH/c1-5-6-7-8-9-10-11-12-13-14-15-16-24(4)18-21-17(20)22-19(2,3)23-18;/h5-16H2,1-4H3,(H3,20,21,22,23);1H. The zero-order chi connectivity index (χ0) is 17.8. The molecule has 0 radical (unpaired) electrons. The maximum atomic E-state index is 5.83. The number of guanidine groups is 2. The Morgan fingerprint density at radius 1 is 0.920 bits per heavy atom. The third kappa shape index (κ3) is 11.3. The molecule has 0 bridgehead atoms. The summed E-state index contributed by atoms with van der Waals surface area (Å²) in [6, 6.07) is 0. The van der Waals surface area contributed by atoms with Gasteiger partial charge in [0.15, 0.2) is 5.96 Å². The number of nitrogens with two attached hydrogens (primary N) is 1. The molecule has 0 fully saturated rings. The summed E-state index contributed by atoms with van der Waals surface area (Å²) in [6.07, 6.45) is 15.0. The molecule has 0 spiro atoms. The lowest BCUT2D eigenvalue weighted by molar-refractivity contribution is 0.424. The van der Waals surface area contributed by atoms with Gasteiger partial charge in [0.2, 0.25) is 5.96 Å². The number of halogens is 1. The summed E-state index contributed by atoms with van der Waals surface area (Å²) < 4.78 is 0. The van der Waals surface area contributed by atoms with Crippen LogP contribution in [-0.2, 0) is 0 Å². The van der Waals surface area contributed by atoms with Crippen LogP contribution in [0, 0.1) is 0 Å². The molecule has 3 N–H and O–H groups in total. The molecule has 0 aromatic carbocycles. The predicted molar refractivity (Wildman–Crippen MR) is 113 cm³/mol. The van der Waals surface area contributed by atoms with Crippen LogP contribution in [0.5, 0.6) is 0 Å². The Morgan fingerprint density at radius 3 is 1.88 bits per heavy atom. The van der Waals surface area contributed by atoms with E-state index in [9.17, 15) is 0 Å². The van der Waals surface area contributed by atoms with Gasteiger partial charge in [-0.2, -0.15) is 4.99 Å². The van der Waals surface area contributed by atoms with Crippen molar-refractivity contribution in [3.8, 4) is 0 Å². The summed E-state index contributed by atoms with van der Waals surface area (Å²) in [4.78, 5) is 11.0. The molecule has 0 aliphatic carbocycles. The SMILES string of the molecule is CCCCCCCCCCCCCN(C)C1=NC(C)(C)NC(N)=N1.Cl. The summed E-state index contributed by atoms with van der Waals surface area (Å²) in [5, 5.41) is 3.07. The molecule has 5 nitrogen and oxygen atoms in total. The Kier molecular flexibility index (Phi) is 12.7. The van der Waals surface area contributed by atoms with Crippen LogP contribution in [-0.4, -0.2) is 36.1 Å². The average Bonchev–Trinajstić information content (AvgIpc) is 2.50. The highest BCUT2D eigenvalue weighted by Gasteiger charge is 2.23. The highest BCUT2D eigenvalue weighted by atomic mass is 35.5. The van der Waals surface area contributed by atoms with E-state index in [1.165, 1.54) is 70.6 Å². The molecule has 0 saturated carbocycles. The fourth-order valence-corrected chi connectivity index (χ4v) is 3.04. The number of rotatable bonds is 12. The van der Waals surface area contributed by atoms with Crippen molar-refractivity contribution in [3.63, 3.8) is 0 Å². The van der Waals surface area contributed by atoms with Crippen molar-refractivity contribution >= 4 is 24.3 Å². The molecule has 1 aliphatic heterocycles. The Balaban J connectivity index is 0.00000576. The van der Waals surface area contributed by atoms with Gasteiger partial charge >= 0.3 is 0 Å². The molecule has 0 atom stereocenters. The van der Waals surface area contributed by atoms with E-state index in [0.717, 1.165) is 12.5 Å². The van der Waals surface area contributed by atoms with E-state index in [4.69, 9.17) is 5.73 Å². The number of aliphatic imine (C=N–C) groups is 2. The van der Waals surface area contributed by atoms with Crippen molar-refractivity contribution in [1.29, 1.82) is 0 Å². The zero-order valence-corrected chi connectivity index (χ0v) is 17.6. The van der Waals surface area contributed by atoms with Crippen LogP contribution in [0.3, 0.4) is 0 Å². The van der Waals surface area contributed by atoms with E-state index in [-0.39, 0.29) is 18.1 Å². The Hall–Kier alpha value is -0.970. The van der Waals surface area contributed by atoms with Crippen molar-refractivity contribution in [2.24, 2.45) is 15.7 Å². The highest BCUT2D eigenvalue weighted by molar-refractivity contribution is 5.96. The van der Waals surface area contributed by atoms with E-state index in [1.54, 1.807) is 0 Å². The van der Waals surface area contributed by atoms with Crippen LogP contribution in [0.15, 0.2) is 9.98 Å². The molecule has 0 amide bonds. The van der Waals surface area contributed by atoms with Crippen LogP contribution in [0.4, 0.5) is 0 Å². The summed E-state index contributed by atoms with van der Waals surface area (Å²) in [6.45, 7) is 7.27. The van der Waals surface area contributed by atoms with E-state index in [1.807, 2.05) is 20.9 Å². The van der Waals surface area contributed by atoms with E-state index in [2.05, 4.69) is 27.1 Å². The lowest BCUT2D eigenvalue weighted by Gasteiger charge is -2.30. The second-order valence-corrected chi connectivity index (χ2v) is 7.55. The first-order valence-corrected chi connectivity index (χ1v) is 9.88. The first-order valence-electron chi connectivity index (χ1n) is 9.88. The minimum absolute atomic E-state index is 0. The molecular formula is C19H40ClN5. The average molecular weight is 374 g/mol. The zero-order valence-electron chi connectivity index (χ0n) is 16.8. The number of nitrogens with one attached hydrogen (secondary N) is 1.